The molecule has 142 valence electrons. The largest absolute Gasteiger partial charge is 0.446 e. The van der Waals surface area contributed by atoms with Crippen molar-refractivity contribution in [1.29, 1.82) is 0 Å². The standard InChI is InChI=1S/C18H23BrN2O5/c1-10(2)25-17(23)20-21(18(24)26-11(3)4)15-8-5-12-9-13(19)6-7-14(12)16(15)22/h6-7,9-11,15H,5,8H2,1-4H3,(H,20,23)/t15-/m0/s1. The molecule has 0 heterocycles. The fourth-order valence-corrected chi connectivity index (χ4v) is 3.12. The highest BCUT2D eigenvalue weighted by atomic mass is 79.9. The van der Waals surface area contributed by atoms with E-state index in [1.807, 2.05) is 6.07 Å². The molecule has 1 aromatic carbocycles. The van der Waals surface area contributed by atoms with Gasteiger partial charge in [-0.2, -0.15) is 0 Å². The summed E-state index contributed by atoms with van der Waals surface area (Å²) in [7, 11) is 0. The second-order valence-electron chi connectivity index (χ2n) is 6.59. The van der Waals surface area contributed by atoms with Crippen LogP contribution in [-0.2, 0) is 15.9 Å². The average Bonchev–Trinajstić information content (AvgIpc) is 2.52. The molecule has 0 aliphatic heterocycles. The topological polar surface area (TPSA) is 84.9 Å². The van der Waals surface area contributed by atoms with Crippen molar-refractivity contribution in [2.24, 2.45) is 0 Å². The number of ketones is 1. The molecule has 0 bridgehead atoms. The molecule has 26 heavy (non-hydrogen) atoms. The maximum absolute atomic E-state index is 12.9. The second-order valence-corrected chi connectivity index (χ2v) is 7.50. The number of hydrogen-bond acceptors (Lipinski definition) is 5. The van der Waals surface area contributed by atoms with Crippen LogP contribution in [0.3, 0.4) is 0 Å². The summed E-state index contributed by atoms with van der Waals surface area (Å²) in [6, 6.07) is 4.53. The normalized spacial score (nSPS) is 16.3. The molecule has 7 nitrogen and oxygen atoms in total. The maximum atomic E-state index is 12.9. The average molecular weight is 427 g/mol. The van der Waals surface area contributed by atoms with Gasteiger partial charge in [0.25, 0.3) is 0 Å². The maximum Gasteiger partial charge on any atom is 0.429 e. The Morgan fingerprint density at radius 3 is 2.46 bits per heavy atom. The molecule has 0 fully saturated rings. The van der Waals surface area contributed by atoms with E-state index in [2.05, 4.69) is 21.4 Å². The molecule has 0 saturated heterocycles. The van der Waals surface area contributed by atoms with Gasteiger partial charge >= 0.3 is 12.2 Å². The van der Waals surface area contributed by atoms with Crippen LogP contribution in [0.4, 0.5) is 9.59 Å². The lowest BCUT2D eigenvalue weighted by atomic mass is 9.87. The number of halogens is 1. The zero-order valence-electron chi connectivity index (χ0n) is 15.2. The summed E-state index contributed by atoms with van der Waals surface area (Å²) in [5.41, 5.74) is 3.80. The third kappa shape index (κ3) is 4.97. The minimum Gasteiger partial charge on any atom is -0.446 e. The fourth-order valence-electron chi connectivity index (χ4n) is 2.71. The van der Waals surface area contributed by atoms with Gasteiger partial charge in [0.05, 0.1) is 12.2 Å². The number of rotatable bonds is 3. The van der Waals surface area contributed by atoms with Crippen LogP contribution in [0.15, 0.2) is 22.7 Å². The van der Waals surface area contributed by atoms with Crippen LogP contribution in [0.2, 0.25) is 0 Å². The number of aryl methyl sites for hydroxylation is 1. The van der Waals surface area contributed by atoms with Gasteiger partial charge in [0, 0.05) is 10.0 Å². The molecule has 2 amide bonds. The van der Waals surface area contributed by atoms with Gasteiger partial charge in [0.1, 0.15) is 6.04 Å². The van der Waals surface area contributed by atoms with E-state index in [0.29, 0.717) is 18.4 Å². The highest BCUT2D eigenvalue weighted by Gasteiger charge is 2.37. The molecule has 1 aromatic rings. The van der Waals surface area contributed by atoms with Crippen molar-refractivity contribution in [2.45, 2.75) is 58.8 Å². The third-order valence-electron chi connectivity index (χ3n) is 3.72. The number of nitrogens with zero attached hydrogens (tertiary/aromatic N) is 1. The first-order chi connectivity index (χ1) is 12.2. The van der Waals surface area contributed by atoms with E-state index in [9.17, 15) is 14.4 Å². The van der Waals surface area contributed by atoms with Crippen LogP contribution in [-0.4, -0.2) is 41.2 Å². The Bertz CT molecular complexity index is 705. The Morgan fingerprint density at radius 1 is 1.19 bits per heavy atom. The van der Waals surface area contributed by atoms with Crippen molar-refractivity contribution in [3.63, 3.8) is 0 Å². The summed E-state index contributed by atoms with van der Waals surface area (Å²) >= 11 is 3.39. The molecule has 2 rings (SSSR count). The number of nitrogens with one attached hydrogen (secondary N) is 1. The number of hydrogen-bond donors (Lipinski definition) is 1. The van der Waals surface area contributed by atoms with E-state index < -0.39 is 24.3 Å². The zero-order valence-corrected chi connectivity index (χ0v) is 16.8. The Kier molecular flexibility index (Phi) is 6.63. The highest BCUT2D eigenvalue weighted by molar-refractivity contribution is 9.10. The summed E-state index contributed by atoms with van der Waals surface area (Å²) in [6.45, 7) is 6.77. The van der Waals surface area contributed by atoms with E-state index in [4.69, 9.17) is 9.47 Å². The Morgan fingerprint density at radius 2 is 1.85 bits per heavy atom. The van der Waals surface area contributed by atoms with Crippen molar-refractivity contribution >= 4 is 33.9 Å². The summed E-state index contributed by atoms with van der Waals surface area (Å²) in [5.74, 6) is -0.246. The summed E-state index contributed by atoms with van der Waals surface area (Å²) in [4.78, 5) is 37.4. The molecule has 0 unspecified atom stereocenters. The number of Topliss-reactive ketones (excluding diaryl/α,β-unsaturated/α-hetero) is 1. The monoisotopic (exact) mass is 426 g/mol. The Labute approximate surface area is 161 Å². The van der Waals surface area contributed by atoms with Crippen molar-refractivity contribution in [3.8, 4) is 0 Å². The first kappa shape index (κ1) is 20.2. The van der Waals surface area contributed by atoms with Crippen LogP contribution in [0, 0.1) is 0 Å². The number of fused-ring (bicyclic) bond motifs is 1. The molecule has 1 atom stereocenters. The highest BCUT2D eigenvalue weighted by Crippen LogP contribution is 2.27. The first-order valence-corrected chi connectivity index (χ1v) is 9.28. The summed E-state index contributed by atoms with van der Waals surface area (Å²) in [5, 5.41) is 0.942. The van der Waals surface area contributed by atoms with Crippen LogP contribution in [0.5, 0.6) is 0 Å². The molecule has 8 heteroatoms. The molecular formula is C18H23BrN2O5. The third-order valence-corrected chi connectivity index (χ3v) is 4.22. The molecular weight excluding hydrogens is 404 g/mol. The van der Waals surface area contributed by atoms with E-state index >= 15 is 0 Å². The second kappa shape index (κ2) is 8.53. The molecule has 1 N–H and O–H groups in total. The first-order valence-electron chi connectivity index (χ1n) is 8.48. The van der Waals surface area contributed by atoms with E-state index in [1.54, 1.807) is 39.8 Å². The molecule has 0 radical (unpaired) electrons. The molecule has 0 saturated carbocycles. The van der Waals surface area contributed by atoms with Gasteiger partial charge in [-0.05, 0) is 64.3 Å². The molecule has 1 aliphatic rings. The van der Waals surface area contributed by atoms with E-state index in [1.165, 1.54) is 0 Å². The van der Waals surface area contributed by atoms with E-state index in [0.717, 1.165) is 15.0 Å². The lowest BCUT2D eigenvalue weighted by Gasteiger charge is -2.33. The number of hydrazine groups is 1. The van der Waals surface area contributed by atoms with Gasteiger partial charge in [-0.1, -0.05) is 15.9 Å². The van der Waals surface area contributed by atoms with Crippen LogP contribution < -0.4 is 5.43 Å². The van der Waals surface area contributed by atoms with Gasteiger partial charge < -0.3 is 9.47 Å². The van der Waals surface area contributed by atoms with Crippen molar-refractivity contribution in [1.82, 2.24) is 10.4 Å². The SMILES string of the molecule is CC(C)OC(=O)NN(C(=O)OC(C)C)[C@H]1CCc2cc(Br)ccc2C1=O. The molecule has 0 spiro atoms. The molecule has 1 aliphatic carbocycles. The minimum absolute atomic E-state index is 0.246. The van der Waals surface area contributed by atoms with Gasteiger partial charge in [-0.25, -0.2) is 20.0 Å². The lowest BCUT2D eigenvalue weighted by Crippen LogP contribution is -2.56. The predicted octanol–water partition coefficient (Wildman–Crippen LogP) is 3.84. The molecule has 0 aromatic heterocycles. The van der Waals surface area contributed by atoms with Gasteiger partial charge in [-0.15, -0.1) is 0 Å². The van der Waals surface area contributed by atoms with Crippen LogP contribution >= 0.6 is 15.9 Å². The van der Waals surface area contributed by atoms with Crippen molar-refractivity contribution in [2.75, 3.05) is 0 Å². The van der Waals surface area contributed by atoms with E-state index in [-0.39, 0.29) is 11.9 Å². The quantitative estimate of drug-likeness (QED) is 0.741. The smallest absolute Gasteiger partial charge is 0.429 e. The van der Waals surface area contributed by atoms with Gasteiger partial charge in [0.15, 0.2) is 5.78 Å². The number of ether oxygens (including phenoxy) is 2. The number of amides is 2. The van der Waals surface area contributed by atoms with Gasteiger partial charge in [-0.3, -0.25) is 4.79 Å². The Balaban J connectivity index is 2.26. The van der Waals surface area contributed by atoms with Crippen molar-refractivity contribution < 1.29 is 23.9 Å². The van der Waals surface area contributed by atoms with Crippen LogP contribution in [0.1, 0.15) is 50.0 Å². The van der Waals surface area contributed by atoms with Crippen molar-refractivity contribution in [3.05, 3.63) is 33.8 Å². The summed E-state index contributed by atoms with van der Waals surface area (Å²) < 4.78 is 11.1. The van der Waals surface area contributed by atoms with Crippen LogP contribution in [0.25, 0.3) is 0 Å². The number of benzene rings is 1. The number of carbonyl (C=O) groups excluding carboxylic acids is 3. The predicted molar refractivity (Wildman–Crippen MR) is 98.8 cm³/mol. The fraction of sp³-hybridized carbons (Fsp3) is 0.500. The minimum atomic E-state index is -0.852. The number of carbonyl (C=O) groups is 3. The Hall–Kier alpha value is -2.09. The van der Waals surface area contributed by atoms with Gasteiger partial charge in [0.2, 0.25) is 0 Å². The lowest BCUT2D eigenvalue weighted by molar-refractivity contribution is 0.0279. The zero-order chi connectivity index (χ0) is 19.4. The summed E-state index contributed by atoms with van der Waals surface area (Å²) in [6.07, 6.45) is -1.39.